The molecule has 5 rings (SSSR count). The SMILES string of the molecule is Cc1cc(C#Cc2ccccc2)ccc1-n1c(/C=C/c2cc(O)cc(O)c2)nc2ccccc2c1=O. The van der Waals surface area contributed by atoms with Crippen LogP contribution in [0, 0.1) is 18.8 Å². The number of phenols is 2. The van der Waals surface area contributed by atoms with Crippen molar-refractivity contribution < 1.29 is 10.2 Å². The van der Waals surface area contributed by atoms with E-state index in [0.717, 1.165) is 16.7 Å². The van der Waals surface area contributed by atoms with Gasteiger partial charge in [-0.05, 0) is 78.7 Å². The molecular formula is C31H22N2O3. The van der Waals surface area contributed by atoms with E-state index in [2.05, 4.69) is 11.8 Å². The van der Waals surface area contributed by atoms with E-state index in [9.17, 15) is 15.0 Å². The van der Waals surface area contributed by atoms with Crippen molar-refractivity contribution in [1.82, 2.24) is 9.55 Å². The summed E-state index contributed by atoms with van der Waals surface area (Å²) < 4.78 is 1.57. The van der Waals surface area contributed by atoms with E-state index in [-0.39, 0.29) is 17.1 Å². The average Bonchev–Trinajstić information content (AvgIpc) is 2.87. The summed E-state index contributed by atoms with van der Waals surface area (Å²) in [6.07, 6.45) is 3.39. The molecule has 174 valence electrons. The minimum Gasteiger partial charge on any atom is -0.508 e. The Labute approximate surface area is 208 Å². The second-order valence-electron chi connectivity index (χ2n) is 8.36. The van der Waals surface area contributed by atoms with E-state index in [1.54, 1.807) is 28.9 Å². The zero-order valence-corrected chi connectivity index (χ0v) is 19.5. The van der Waals surface area contributed by atoms with Crippen LogP contribution in [-0.4, -0.2) is 19.8 Å². The first-order valence-electron chi connectivity index (χ1n) is 11.4. The van der Waals surface area contributed by atoms with Crippen LogP contribution in [0.1, 0.15) is 28.1 Å². The summed E-state index contributed by atoms with van der Waals surface area (Å²) >= 11 is 0. The third-order valence-electron chi connectivity index (χ3n) is 5.71. The number of hydrogen-bond donors (Lipinski definition) is 2. The molecule has 0 saturated heterocycles. The highest BCUT2D eigenvalue weighted by molar-refractivity contribution is 5.80. The minimum atomic E-state index is -0.190. The highest BCUT2D eigenvalue weighted by Crippen LogP contribution is 2.23. The van der Waals surface area contributed by atoms with Crippen LogP contribution in [-0.2, 0) is 0 Å². The molecular weight excluding hydrogens is 448 g/mol. The molecule has 2 N–H and O–H groups in total. The number of fused-ring (bicyclic) bond motifs is 1. The second kappa shape index (κ2) is 9.65. The quantitative estimate of drug-likeness (QED) is 0.333. The lowest BCUT2D eigenvalue weighted by Crippen LogP contribution is -2.23. The predicted octanol–water partition coefficient (Wildman–Crippen LogP) is 5.68. The van der Waals surface area contributed by atoms with Crippen molar-refractivity contribution in [3.8, 4) is 29.0 Å². The molecule has 0 unspecified atom stereocenters. The van der Waals surface area contributed by atoms with Crippen LogP contribution in [0.3, 0.4) is 0 Å². The Kier molecular flexibility index (Phi) is 6.09. The van der Waals surface area contributed by atoms with E-state index in [0.29, 0.717) is 28.0 Å². The summed E-state index contributed by atoms with van der Waals surface area (Å²) in [6.45, 7) is 1.94. The van der Waals surface area contributed by atoms with Crippen LogP contribution in [0.5, 0.6) is 11.5 Å². The van der Waals surface area contributed by atoms with Gasteiger partial charge in [-0.1, -0.05) is 48.2 Å². The van der Waals surface area contributed by atoms with Crippen molar-refractivity contribution in [3.63, 3.8) is 0 Å². The molecule has 0 bridgehead atoms. The van der Waals surface area contributed by atoms with Crippen molar-refractivity contribution in [3.05, 3.63) is 129 Å². The molecule has 5 nitrogen and oxygen atoms in total. The van der Waals surface area contributed by atoms with Gasteiger partial charge in [0.05, 0.1) is 16.6 Å². The minimum absolute atomic E-state index is 0.0541. The van der Waals surface area contributed by atoms with Gasteiger partial charge < -0.3 is 10.2 Å². The molecule has 1 heterocycles. The van der Waals surface area contributed by atoms with Crippen molar-refractivity contribution in [2.24, 2.45) is 0 Å². The summed E-state index contributed by atoms with van der Waals surface area (Å²) in [6, 6.07) is 27.0. The molecule has 0 atom stereocenters. The molecule has 1 aromatic heterocycles. The van der Waals surface area contributed by atoms with E-state index >= 15 is 0 Å². The zero-order chi connectivity index (χ0) is 25.1. The Morgan fingerprint density at radius 3 is 2.22 bits per heavy atom. The van der Waals surface area contributed by atoms with Crippen molar-refractivity contribution in [1.29, 1.82) is 0 Å². The molecule has 0 radical (unpaired) electrons. The number of aromatic hydroxyl groups is 2. The fourth-order valence-corrected chi connectivity index (χ4v) is 4.03. The molecule has 4 aromatic carbocycles. The van der Waals surface area contributed by atoms with Gasteiger partial charge in [0.15, 0.2) is 0 Å². The summed E-state index contributed by atoms with van der Waals surface area (Å²) in [5, 5.41) is 20.1. The number of phenolic OH excluding ortho intramolecular Hbond substituents is 2. The topological polar surface area (TPSA) is 75.3 Å². The lowest BCUT2D eigenvalue weighted by Gasteiger charge is -2.14. The lowest BCUT2D eigenvalue weighted by atomic mass is 10.1. The Bertz CT molecular complexity index is 1720. The van der Waals surface area contributed by atoms with Gasteiger partial charge in [-0.3, -0.25) is 9.36 Å². The first-order chi connectivity index (χ1) is 17.5. The van der Waals surface area contributed by atoms with Crippen LogP contribution in [0.15, 0.2) is 95.8 Å². The maximum absolute atomic E-state index is 13.6. The lowest BCUT2D eigenvalue weighted by molar-refractivity contribution is 0.450. The second-order valence-corrected chi connectivity index (χ2v) is 8.36. The molecule has 0 spiro atoms. The molecule has 0 amide bonds. The van der Waals surface area contributed by atoms with Crippen LogP contribution in [0.25, 0.3) is 28.7 Å². The number of aryl methyl sites for hydroxylation is 1. The third-order valence-corrected chi connectivity index (χ3v) is 5.71. The van der Waals surface area contributed by atoms with Crippen LogP contribution < -0.4 is 5.56 Å². The first kappa shape index (κ1) is 22.7. The van der Waals surface area contributed by atoms with Gasteiger partial charge >= 0.3 is 0 Å². The monoisotopic (exact) mass is 470 g/mol. The fourth-order valence-electron chi connectivity index (χ4n) is 4.03. The number of para-hydroxylation sites is 1. The summed E-state index contributed by atoms with van der Waals surface area (Å²) in [5.41, 5.74) is 4.31. The zero-order valence-electron chi connectivity index (χ0n) is 19.5. The van der Waals surface area contributed by atoms with Crippen LogP contribution >= 0.6 is 0 Å². The highest BCUT2D eigenvalue weighted by Gasteiger charge is 2.13. The van der Waals surface area contributed by atoms with Crippen LogP contribution in [0.4, 0.5) is 0 Å². The van der Waals surface area contributed by atoms with E-state index in [4.69, 9.17) is 4.98 Å². The summed E-state index contributed by atoms with van der Waals surface area (Å²) in [7, 11) is 0. The van der Waals surface area contributed by atoms with E-state index in [1.165, 1.54) is 18.2 Å². The standard InChI is InChI=1S/C31H22N2O3/c1-21-17-23(12-11-22-7-3-2-4-8-22)13-15-29(21)33-30(16-14-24-18-25(34)20-26(35)19-24)32-28-10-6-5-9-27(28)31(33)36/h2-10,13-20,34-35H,1H3/b16-14+. The Hall–Kier alpha value is -5.08. The number of hydrogen-bond acceptors (Lipinski definition) is 4. The largest absolute Gasteiger partial charge is 0.508 e. The molecule has 0 aliphatic heterocycles. The Balaban J connectivity index is 1.63. The molecule has 0 saturated carbocycles. The van der Waals surface area contributed by atoms with Gasteiger partial charge in [-0.25, -0.2) is 4.98 Å². The number of aromatic nitrogens is 2. The molecule has 5 heteroatoms. The molecule has 0 aliphatic rings. The third kappa shape index (κ3) is 4.75. The summed E-state index contributed by atoms with van der Waals surface area (Å²) in [4.78, 5) is 18.3. The van der Waals surface area contributed by atoms with Crippen molar-refractivity contribution >= 4 is 23.1 Å². The maximum Gasteiger partial charge on any atom is 0.266 e. The van der Waals surface area contributed by atoms with Crippen LogP contribution in [0.2, 0.25) is 0 Å². The van der Waals surface area contributed by atoms with Gasteiger partial charge in [-0.2, -0.15) is 0 Å². The molecule has 36 heavy (non-hydrogen) atoms. The molecule has 0 aliphatic carbocycles. The normalized spacial score (nSPS) is 10.9. The Morgan fingerprint density at radius 2 is 1.47 bits per heavy atom. The number of nitrogens with zero attached hydrogens (tertiary/aromatic N) is 2. The average molecular weight is 471 g/mol. The predicted molar refractivity (Wildman–Crippen MR) is 143 cm³/mol. The number of rotatable bonds is 3. The summed E-state index contributed by atoms with van der Waals surface area (Å²) in [5.74, 6) is 6.66. The van der Waals surface area contributed by atoms with Crippen molar-refractivity contribution in [2.45, 2.75) is 6.92 Å². The smallest absolute Gasteiger partial charge is 0.266 e. The molecule has 0 fully saturated rings. The molecule has 5 aromatic rings. The Morgan fingerprint density at radius 1 is 0.778 bits per heavy atom. The van der Waals surface area contributed by atoms with Gasteiger partial charge in [0.2, 0.25) is 0 Å². The maximum atomic E-state index is 13.6. The van der Waals surface area contributed by atoms with E-state index in [1.807, 2.05) is 67.6 Å². The van der Waals surface area contributed by atoms with Gasteiger partial charge in [0.1, 0.15) is 17.3 Å². The van der Waals surface area contributed by atoms with Crippen molar-refractivity contribution in [2.75, 3.05) is 0 Å². The van der Waals surface area contributed by atoms with E-state index < -0.39 is 0 Å². The number of benzene rings is 4. The highest BCUT2D eigenvalue weighted by atomic mass is 16.3. The van der Waals surface area contributed by atoms with Gasteiger partial charge in [-0.15, -0.1) is 0 Å². The van der Waals surface area contributed by atoms with Gasteiger partial charge in [0.25, 0.3) is 5.56 Å². The first-order valence-corrected chi connectivity index (χ1v) is 11.4. The van der Waals surface area contributed by atoms with Gasteiger partial charge in [0, 0.05) is 17.2 Å². The fraction of sp³-hybridized carbons (Fsp3) is 0.0323.